The molecular weight excluding hydrogens is 174 g/mol. The van der Waals surface area contributed by atoms with E-state index in [9.17, 15) is 4.79 Å². The third kappa shape index (κ3) is 1.89. The Morgan fingerprint density at radius 1 is 1.42 bits per heavy atom. The van der Waals surface area contributed by atoms with E-state index in [0.29, 0.717) is 6.54 Å². The van der Waals surface area contributed by atoms with Crippen molar-refractivity contribution in [2.24, 2.45) is 0 Å². The average molecular weight is 186 g/mol. The Hall–Kier alpha value is -0.760. The van der Waals surface area contributed by atoms with Crippen molar-refractivity contribution < 1.29 is 4.79 Å². The molecular formula is C9H12ClNO. The number of alkyl halides is 1. The summed E-state index contributed by atoms with van der Waals surface area (Å²) >= 11 is 5.41. The van der Waals surface area contributed by atoms with Gasteiger partial charge in [0, 0.05) is 11.4 Å². The molecule has 3 heteroatoms. The van der Waals surface area contributed by atoms with Crippen molar-refractivity contribution in [2.45, 2.75) is 20.4 Å². The smallest absolute Gasteiger partial charge is 0.167 e. The molecule has 1 aromatic heterocycles. The normalized spacial score (nSPS) is 10.2. The number of ketones is 1. The second-order valence-corrected chi connectivity index (χ2v) is 3.14. The second-order valence-electron chi connectivity index (χ2n) is 2.87. The number of rotatable bonds is 3. The van der Waals surface area contributed by atoms with Crippen LogP contribution in [0.3, 0.4) is 0 Å². The molecule has 1 aromatic rings. The Balaban J connectivity index is 2.80. The first kappa shape index (κ1) is 9.33. The summed E-state index contributed by atoms with van der Waals surface area (Å²) < 4.78 is 1.96. The molecule has 12 heavy (non-hydrogen) atoms. The van der Waals surface area contributed by atoms with Crippen LogP contribution in [0, 0.1) is 13.8 Å². The molecule has 0 aliphatic heterocycles. The molecule has 0 spiro atoms. The summed E-state index contributed by atoms with van der Waals surface area (Å²) in [6.45, 7) is 4.36. The number of hydrogen-bond donors (Lipinski definition) is 0. The first-order valence-corrected chi connectivity index (χ1v) is 4.39. The topological polar surface area (TPSA) is 22.0 Å². The molecule has 1 heterocycles. The summed E-state index contributed by atoms with van der Waals surface area (Å²) in [4.78, 5) is 11.0. The van der Waals surface area contributed by atoms with Crippen LogP contribution in [0.2, 0.25) is 0 Å². The predicted molar refractivity (Wildman–Crippen MR) is 49.6 cm³/mol. The van der Waals surface area contributed by atoms with Gasteiger partial charge < -0.3 is 4.57 Å². The Morgan fingerprint density at radius 2 is 1.92 bits per heavy atom. The molecule has 1 rings (SSSR count). The van der Waals surface area contributed by atoms with Crippen LogP contribution in [0.4, 0.5) is 0 Å². The minimum atomic E-state index is 0.0547. The van der Waals surface area contributed by atoms with E-state index in [2.05, 4.69) is 0 Å². The van der Waals surface area contributed by atoms with Gasteiger partial charge in [0.25, 0.3) is 0 Å². The fourth-order valence-corrected chi connectivity index (χ4v) is 1.25. The quantitative estimate of drug-likeness (QED) is 0.660. The standard InChI is InChI=1S/C9H12ClNO/c1-7-3-4-8(2)11(7)6-9(12)5-10/h3-4H,5-6H2,1-2H3. The van der Waals surface area contributed by atoms with Crippen LogP contribution in [-0.2, 0) is 11.3 Å². The Morgan fingerprint density at radius 3 is 2.33 bits per heavy atom. The lowest BCUT2D eigenvalue weighted by atomic mass is 10.4. The van der Waals surface area contributed by atoms with Crippen LogP contribution < -0.4 is 0 Å². The molecule has 0 unspecified atom stereocenters. The van der Waals surface area contributed by atoms with Gasteiger partial charge in [-0.3, -0.25) is 4.79 Å². The zero-order chi connectivity index (χ0) is 9.14. The molecule has 0 N–H and O–H groups in total. The van der Waals surface area contributed by atoms with Gasteiger partial charge >= 0.3 is 0 Å². The minimum absolute atomic E-state index is 0.0547. The number of aryl methyl sites for hydroxylation is 2. The van der Waals surface area contributed by atoms with E-state index in [1.54, 1.807) is 0 Å². The molecule has 0 fully saturated rings. The summed E-state index contributed by atoms with van der Waals surface area (Å²) in [5.74, 6) is 0.149. The molecule has 0 aliphatic carbocycles. The van der Waals surface area contributed by atoms with Gasteiger partial charge in [0.15, 0.2) is 5.78 Å². The number of aromatic nitrogens is 1. The number of nitrogens with zero attached hydrogens (tertiary/aromatic N) is 1. The van der Waals surface area contributed by atoms with Gasteiger partial charge in [-0.25, -0.2) is 0 Å². The SMILES string of the molecule is Cc1ccc(C)n1CC(=O)CCl. The van der Waals surface area contributed by atoms with Gasteiger partial charge in [-0.2, -0.15) is 0 Å². The van der Waals surface area contributed by atoms with E-state index in [-0.39, 0.29) is 11.7 Å². The summed E-state index contributed by atoms with van der Waals surface area (Å²) in [5, 5.41) is 0. The monoisotopic (exact) mass is 185 g/mol. The lowest BCUT2D eigenvalue weighted by Crippen LogP contribution is -2.13. The van der Waals surface area contributed by atoms with E-state index < -0.39 is 0 Å². The predicted octanol–water partition coefficient (Wildman–Crippen LogP) is 1.91. The molecule has 0 aliphatic rings. The van der Waals surface area contributed by atoms with Crippen LogP contribution in [0.1, 0.15) is 11.4 Å². The number of carbonyl (C=O) groups is 1. The Bertz CT molecular complexity index is 271. The molecule has 0 aromatic carbocycles. The van der Waals surface area contributed by atoms with Gasteiger partial charge in [0.2, 0.25) is 0 Å². The summed E-state index contributed by atoms with van der Waals surface area (Å²) in [6, 6.07) is 3.99. The average Bonchev–Trinajstić information content (AvgIpc) is 2.35. The maximum Gasteiger partial charge on any atom is 0.167 e. The van der Waals surface area contributed by atoms with Crippen molar-refractivity contribution in [3.8, 4) is 0 Å². The largest absolute Gasteiger partial charge is 0.342 e. The first-order chi connectivity index (χ1) is 5.65. The molecule has 0 saturated carbocycles. The molecule has 0 amide bonds. The van der Waals surface area contributed by atoms with Gasteiger partial charge in [-0.15, -0.1) is 11.6 Å². The van der Waals surface area contributed by atoms with Crippen LogP contribution in [0.25, 0.3) is 0 Å². The fourth-order valence-electron chi connectivity index (χ4n) is 1.17. The maximum atomic E-state index is 11.0. The van der Waals surface area contributed by atoms with E-state index in [0.717, 1.165) is 11.4 Å². The highest BCUT2D eigenvalue weighted by Crippen LogP contribution is 2.06. The molecule has 0 atom stereocenters. The van der Waals surface area contributed by atoms with Gasteiger partial charge in [-0.1, -0.05) is 0 Å². The molecule has 2 nitrogen and oxygen atoms in total. The summed E-state index contributed by atoms with van der Waals surface area (Å²) in [5.41, 5.74) is 2.21. The minimum Gasteiger partial charge on any atom is -0.342 e. The second kappa shape index (κ2) is 3.76. The molecule has 0 bridgehead atoms. The highest BCUT2D eigenvalue weighted by molar-refractivity contribution is 6.27. The maximum absolute atomic E-state index is 11.0. The van der Waals surface area contributed by atoms with E-state index in [1.807, 2.05) is 30.5 Å². The van der Waals surface area contributed by atoms with E-state index in [4.69, 9.17) is 11.6 Å². The van der Waals surface area contributed by atoms with Crippen LogP contribution in [-0.4, -0.2) is 16.2 Å². The van der Waals surface area contributed by atoms with Crippen molar-refractivity contribution in [3.05, 3.63) is 23.5 Å². The van der Waals surface area contributed by atoms with Crippen molar-refractivity contribution in [3.63, 3.8) is 0 Å². The van der Waals surface area contributed by atoms with Gasteiger partial charge in [-0.05, 0) is 26.0 Å². The third-order valence-electron chi connectivity index (χ3n) is 1.90. The van der Waals surface area contributed by atoms with Crippen molar-refractivity contribution >= 4 is 17.4 Å². The van der Waals surface area contributed by atoms with Crippen LogP contribution in [0.15, 0.2) is 12.1 Å². The molecule has 66 valence electrons. The number of hydrogen-bond acceptors (Lipinski definition) is 1. The van der Waals surface area contributed by atoms with Gasteiger partial charge in [0.05, 0.1) is 12.4 Å². The summed E-state index contributed by atoms with van der Waals surface area (Å²) in [7, 11) is 0. The molecule has 0 radical (unpaired) electrons. The zero-order valence-corrected chi connectivity index (χ0v) is 8.06. The van der Waals surface area contributed by atoms with Crippen molar-refractivity contribution in [1.82, 2.24) is 4.57 Å². The van der Waals surface area contributed by atoms with E-state index in [1.165, 1.54) is 0 Å². The Kier molecular flexibility index (Phi) is 2.93. The van der Waals surface area contributed by atoms with Crippen LogP contribution >= 0.6 is 11.6 Å². The van der Waals surface area contributed by atoms with Crippen molar-refractivity contribution in [2.75, 3.05) is 5.88 Å². The van der Waals surface area contributed by atoms with E-state index >= 15 is 0 Å². The first-order valence-electron chi connectivity index (χ1n) is 3.85. The number of halogens is 1. The third-order valence-corrected chi connectivity index (χ3v) is 2.20. The zero-order valence-electron chi connectivity index (χ0n) is 7.30. The van der Waals surface area contributed by atoms with Crippen molar-refractivity contribution in [1.29, 1.82) is 0 Å². The molecule has 0 saturated heterocycles. The highest BCUT2D eigenvalue weighted by atomic mass is 35.5. The lowest BCUT2D eigenvalue weighted by Gasteiger charge is -2.06. The highest BCUT2D eigenvalue weighted by Gasteiger charge is 2.05. The number of Topliss-reactive ketones (excluding diaryl/α,β-unsaturated/α-hetero) is 1. The van der Waals surface area contributed by atoms with Gasteiger partial charge in [0.1, 0.15) is 0 Å². The fraction of sp³-hybridized carbons (Fsp3) is 0.444. The van der Waals surface area contributed by atoms with Crippen LogP contribution in [0.5, 0.6) is 0 Å². The summed E-state index contributed by atoms with van der Waals surface area (Å²) in [6.07, 6.45) is 0. The number of carbonyl (C=O) groups excluding carboxylic acids is 1. The lowest BCUT2D eigenvalue weighted by molar-refractivity contribution is -0.117. The Labute approximate surface area is 77.1 Å².